The van der Waals surface area contributed by atoms with Crippen molar-refractivity contribution in [2.24, 2.45) is 5.92 Å². The van der Waals surface area contributed by atoms with Crippen LogP contribution < -0.4 is 14.9 Å². The van der Waals surface area contributed by atoms with Crippen LogP contribution in [-0.2, 0) is 19.6 Å². The molecule has 2 aromatic rings. The number of fused-ring (bicyclic) bond motifs is 1. The first-order valence-corrected chi connectivity index (χ1v) is 13.4. The number of sulfonamides is 1. The number of aryl methyl sites for hydroxylation is 2. The molecule has 2 aromatic carbocycles. The highest BCUT2D eigenvalue weighted by Gasteiger charge is 2.46. The third-order valence-electron chi connectivity index (χ3n) is 6.13. The minimum atomic E-state index is -4.20. The predicted octanol–water partition coefficient (Wildman–Crippen LogP) is 4.81. The van der Waals surface area contributed by atoms with Gasteiger partial charge in [-0.25, -0.2) is 8.42 Å². The summed E-state index contributed by atoms with van der Waals surface area (Å²) in [6.45, 7) is 7.57. The van der Waals surface area contributed by atoms with Crippen LogP contribution in [0.2, 0.25) is 5.02 Å². The minimum absolute atomic E-state index is 0.0519. The van der Waals surface area contributed by atoms with Crippen molar-refractivity contribution in [3.63, 3.8) is 0 Å². The normalized spacial score (nSPS) is 16.6. The van der Waals surface area contributed by atoms with Gasteiger partial charge in [0, 0.05) is 11.6 Å². The van der Waals surface area contributed by atoms with Gasteiger partial charge < -0.3 is 10.6 Å². The fourth-order valence-electron chi connectivity index (χ4n) is 4.15. The van der Waals surface area contributed by atoms with Gasteiger partial charge in [0.05, 0.1) is 22.2 Å². The van der Waals surface area contributed by atoms with Crippen molar-refractivity contribution in [2.75, 3.05) is 16.2 Å². The van der Waals surface area contributed by atoms with Crippen molar-refractivity contribution in [3.05, 3.63) is 52.5 Å². The number of amides is 2. The molecule has 0 saturated carbocycles. The van der Waals surface area contributed by atoms with Gasteiger partial charge >= 0.3 is 0 Å². The molecule has 7 nitrogen and oxygen atoms in total. The molecular formula is C25H32ClN3O4S. The summed E-state index contributed by atoms with van der Waals surface area (Å²) in [7, 11) is -4.20. The van der Waals surface area contributed by atoms with E-state index in [2.05, 4.69) is 17.6 Å². The van der Waals surface area contributed by atoms with Gasteiger partial charge in [0.25, 0.3) is 10.0 Å². The van der Waals surface area contributed by atoms with Crippen molar-refractivity contribution < 1.29 is 18.0 Å². The Morgan fingerprint density at radius 1 is 1.15 bits per heavy atom. The van der Waals surface area contributed by atoms with Gasteiger partial charge in [-0.05, 0) is 55.7 Å². The number of hydrogen-bond donors (Lipinski definition) is 2. The molecule has 0 saturated heterocycles. The number of carbonyl (C=O) groups excluding carboxylic acids is 2. The Hall–Kier alpha value is -2.58. The molecule has 184 valence electrons. The van der Waals surface area contributed by atoms with Crippen LogP contribution in [0.1, 0.15) is 50.7 Å². The molecular weight excluding hydrogens is 474 g/mol. The van der Waals surface area contributed by atoms with Crippen LogP contribution in [0.25, 0.3) is 0 Å². The van der Waals surface area contributed by atoms with Crippen LogP contribution in [-0.4, -0.2) is 32.8 Å². The lowest BCUT2D eigenvalue weighted by Gasteiger charge is -2.39. The second-order valence-electron chi connectivity index (χ2n) is 8.76. The van der Waals surface area contributed by atoms with E-state index in [0.717, 1.165) is 30.0 Å². The van der Waals surface area contributed by atoms with Crippen LogP contribution in [0.4, 0.5) is 11.4 Å². The molecule has 0 fully saturated rings. The number of benzene rings is 2. The summed E-state index contributed by atoms with van der Waals surface area (Å²) in [5.41, 5.74) is 1.77. The molecule has 3 rings (SSSR count). The average Bonchev–Trinajstić information content (AvgIpc) is 2.79. The van der Waals surface area contributed by atoms with E-state index in [1.807, 2.05) is 0 Å². The summed E-state index contributed by atoms with van der Waals surface area (Å²) in [6.07, 6.45) is 4.00. The van der Waals surface area contributed by atoms with E-state index in [9.17, 15) is 18.0 Å². The molecule has 2 atom stereocenters. The second kappa shape index (κ2) is 10.8. The second-order valence-corrected chi connectivity index (χ2v) is 10.9. The molecule has 0 aliphatic carbocycles. The highest BCUT2D eigenvalue weighted by Crippen LogP contribution is 2.39. The minimum Gasteiger partial charge on any atom is -0.356 e. The van der Waals surface area contributed by atoms with Crippen molar-refractivity contribution in [1.29, 1.82) is 0 Å². The van der Waals surface area contributed by atoms with Crippen LogP contribution in [0, 0.1) is 19.8 Å². The number of halogens is 1. The molecule has 0 aromatic heterocycles. The Labute approximate surface area is 206 Å². The Kier molecular flexibility index (Phi) is 8.25. The first-order chi connectivity index (χ1) is 16.1. The lowest BCUT2D eigenvalue weighted by atomic mass is 9.97. The van der Waals surface area contributed by atoms with Gasteiger partial charge in [-0.1, -0.05) is 56.8 Å². The number of hydrogen-bond acceptors (Lipinski definition) is 4. The summed E-state index contributed by atoms with van der Waals surface area (Å²) in [4.78, 5) is 26.2. The molecule has 0 radical (unpaired) electrons. The van der Waals surface area contributed by atoms with E-state index in [1.165, 1.54) is 6.07 Å². The lowest BCUT2D eigenvalue weighted by molar-refractivity contribution is -0.129. The summed E-state index contributed by atoms with van der Waals surface area (Å²) < 4.78 is 29.1. The summed E-state index contributed by atoms with van der Waals surface area (Å²) in [5.74, 6) is -1.82. The fourth-order valence-corrected chi connectivity index (χ4v) is 6.37. The number of nitrogens with one attached hydrogen (secondary N) is 2. The lowest BCUT2D eigenvalue weighted by Crippen LogP contribution is -2.57. The van der Waals surface area contributed by atoms with Crippen molar-refractivity contribution in [3.8, 4) is 0 Å². The highest BCUT2D eigenvalue weighted by molar-refractivity contribution is 7.93. The molecule has 1 heterocycles. The maximum atomic E-state index is 14.0. The summed E-state index contributed by atoms with van der Waals surface area (Å²) in [6, 6.07) is 8.56. The summed E-state index contributed by atoms with van der Waals surface area (Å²) >= 11 is 6.20. The van der Waals surface area contributed by atoms with Crippen molar-refractivity contribution in [2.45, 2.75) is 64.3 Å². The number of rotatable bonds is 9. The van der Waals surface area contributed by atoms with Gasteiger partial charge in [0.15, 0.2) is 0 Å². The first kappa shape index (κ1) is 26.0. The Bertz CT molecular complexity index is 1180. The van der Waals surface area contributed by atoms with Gasteiger partial charge in [-0.2, -0.15) is 0 Å². The SMILES string of the molecule is CCCCCCNC(=O)C(C)C1C(=O)Nc2ccccc2N1S(=O)(=O)c1cc(C)c(Cl)cc1C. The number of carbonyl (C=O) groups is 2. The molecule has 2 unspecified atom stereocenters. The number of nitrogens with zero attached hydrogens (tertiary/aromatic N) is 1. The predicted molar refractivity (Wildman–Crippen MR) is 136 cm³/mol. The largest absolute Gasteiger partial charge is 0.356 e. The van der Waals surface area contributed by atoms with Crippen LogP contribution in [0.5, 0.6) is 0 Å². The van der Waals surface area contributed by atoms with Gasteiger partial charge in [-0.3, -0.25) is 13.9 Å². The molecule has 34 heavy (non-hydrogen) atoms. The molecule has 0 bridgehead atoms. The molecule has 2 amide bonds. The van der Waals surface area contributed by atoms with E-state index >= 15 is 0 Å². The molecule has 0 spiro atoms. The Balaban J connectivity index is 2.03. The van der Waals surface area contributed by atoms with Crippen LogP contribution >= 0.6 is 11.6 Å². The van der Waals surface area contributed by atoms with E-state index in [-0.39, 0.29) is 10.8 Å². The monoisotopic (exact) mass is 505 g/mol. The van der Waals surface area contributed by atoms with Gasteiger partial charge in [-0.15, -0.1) is 0 Å². The zero-order chi connectivity index (χ0) is 25.0. The first-order valence-electron chi connectivity index (χ1n) is 11.6. The molecule has 1 aliphatic heterocycles. The quantitative estimate of drug-likeness (QED) is 0.478. The zero-order valence-corrected chi connectivity index (χ0v) is 21.6. The molecule has 1 aliphatic rings. The highest BCUT2D eigenvalue weighted by atomic mass is 35.5. The maximum absolute atomic E-state index is 14.0. The van der Waals surface area contributed by atoms with E-state index in [1.54, 1.807) is 51.1 Å². The van der Waals surface area contributed by atoms with Crippen LogP contribution in [0.3, 0.4) is 0 Å². The Morgan fingerprint density at radius 3 is 2.56 bits per heavy atom. The van der Waals surface area contributed by atoms with Gasteiger partial charge in [0.1, 0.15) is 6.04 Å². The van der Waals surface area contributed by atoms with E-state index in [4.69, 9.17) is 11.6 Å². The smallest absolute Gasteiger partial charge is 0.265 e. The summed E-state index contributed by atoms with van der Waals surface area (Å²) in [5, 5.41) is 6.10. The van der Waals surface area contributed by atoms with E-state index in [0.29, 0.717) is 34.1 Å². The standard InChI is InChI=1S/C25H32ClN3O4S/c1-5-6-7-10-13-27-24(30)18(4)23-25(31)28-20-11-8-9-12-21(20)29(23)34(32,33)22-15-16(2)19(26)14-17(22)3/h8-9,11-12,14-15,18,23H,5-7,10,13H2,1-4H3,(H,27,30)(H,28,31). The fraction of sp³-hybridized carbons (Fsp3) is 0.440. The van der Waals surface area contributed by atoms with Crippen molar-refractivity contribution >= 4 is 44.8 Å². The van der Waals surface area contributed by atoms with E-state index < -0.39 is 27.9 Å². The maximum Gasteiger partial charge on any atom is 0.265 e. The topological polar surface area (TPSA) is 95.6 Å². The third-order valence-corrected chi connectivity index (χ3v) is 8.47. The number of para-hydroxylation sites is 2. The third kappa shape index (κ3) is 5.23. The number of anilines is 2. The van der Waals surface area contributed by atoms with Crippen LogP contribution in [0.15, 0.2) is 41.3 Å². The number of unbranched alkanes of at least 4 members (excludes halogenated alkanes) is 3. The zero-order valence-electron chi connectivity index (χ0n) is 20.0. The molecule has 9 heteroatoms. The molecule has 2 N–H and O–H groups in total. The van der Waals surface area contributed by atoms with Crippen molar-refractivity contribution in [1.82, 2.24) is 5.32 Å². The average molecular weight is 506 g/mol. The van der Waals surface area contributed by atoms with Gasteiger partial charge in [0.2, 0.25) is 11.8 Å². The Morgan fingerprint density at radius 2 is 1.85 bits per heavy atom.